The second-order valence-corrected chi connectivity index (χ2v) is 8.63. The van der Waals surface area contributed by atoms with Crippen LogP contribution in [0.2, 0.25) is 0 Å². The summed E-state index contributed by atoms with van der Waals surface area (Å²) in [7, 11) is 3.63. The molecule has 1 aromatic heterocycles. The van der Waals surface area contributed by atoms with Crippen LogP contribution in [0.4, 0.5) is 10.5 Å². The fourth-order valence-electron chi connectivity index (χ4n) is 4.14. The van der Waals surface area contributed by atoms with E-state index in [4.69, 9.17) is 4.74 Å². The number of carbonyl (C=O) groups is 2. The molecule has 3 amide bonds. The molecule has 1 N–H and O–H groups in total. The van der Waals surface area contributed by atoms with Crippen LogP contribution in [0.1, 0.15) is 34.8 Å². The normalized spacial score (nSPS) is 19.7. The second-order valence-electron chi connectivity index (χ2n) is 7.85. The first kappa shape index (κ1) is 20.7. The summed E-state index contributed by atoms with van der Waals surface area (Å²) in [5.41, 5.74) is 2.27. The first-order chi connectivity index (χ1) is 14.6. The summed E-state index contributed by atoms with van der Waals surface area (Å²) in [6.07, 6.45) is 1.94. The van der Waals surface area contributed by atoms with Crippen molar-refractivity contribution in [2.75, 3.05) is 52.2 Å². The molecule has 1 unspecified atom stereocenters. The molecule has 3 heterocycles. The zero-order valence-corrected chi connectivity index (χ0v) is 18.3. The number of methoxy groups -OCH3 is 1. The van der Waals surface area contributed by atoms with Gasteiger partial charge in [0.15, 0.2) is 0 Å². The van der Waals surface area contributed by atoms with Gasteiger partial charge >= 0.3 is 6.03 Å². The van der Waals surface area contributed by atoms with Crippen LogP contribution in [0.5, 0.6) is 5.75 Å². The van der Waals surface area contributed by atoms with E-state index in [9.17, 15) is 9.59 Å². The SMILES string of the molecule is COc1ccc(C(=O)N2CCN(C)CC2)cc1NC(=O)N1CCCC1c1ccsc1. The highest BCUT2D eigenvalue weighted by Gasteiger charge is 2.31. The van der Waals surface area contributed by atoms with Crippen LogP contribution in [0.25, 0.3) is 0 Å². The molecule has 8 heteroatoms. The van der Waals surface area contributed by atoms with E-state index < -0.39 is 0 Å². The molecular formula is C22H28N4O3S. The summed E-state index contributed by atoms with van der Waals surface area (Å²) in [5, 5.41) is 7.13. The molecule has 7 nitrogen and oxygen atoms in total. The van der Waals surface area contributed by atoms with Gasteiger partial charge in [-0.3, -0.25) is 4.79 Å². The molecule has 0 spiro atoms. The van der Waals surface area contributed by atoms with Crippen molar-refractivity contribution in [2.24, 2.45) is 0 Å². The summed E-state index contributed by atoms with van der Waals surface area (Å²) in [5.74, 6) is 0.531. The van der Waals surface area contributed by atoms with Gasteiger partial charge in [-0.05, 0) is 60.5 Å². The molecule has 0 radical (unpaired) electrons. The van der Waals surface area contributed by atoms with Crippen LogP contribution in [0, 0.1) is 0 Å². The Morgan fingerprint density at radius 3 is 2.63 bits per heavy atom. The summed E-state index contributed by atoms with van der Waals surface area (Å²) in [6, 6.07) is 7.26. The standard InChI is InChI=1S/C22H28N4O3S/c1-24-9-11-25(12-10-24)21(27)16-5-6-20(29-2)18(14-16)23-22(28)26-8-3-4-19(26)17-7-13-30-15-17/h5-7,13-15,19H,3-4,8-12H2,1-2H3,(H,23,28). The van der Waals surface area contributed by atoms with Gasteiger partial charge in [0, 0.05) is 38.3 Å². The smallest absolute Gasteiger partial charge is 0.322 e. The number of amides is 3. The van der Waals surface area contributed by atoms with Crippen LogP contribution in [0.3, 0.4) is 0 Å². The third kappa shape index (κ3) is 4.29. The number of likely N-dealkylation sites (N-methyl/N-ethyl adjacent to an activating group) is 1. The zero-order chi connectivity index (χ0) is 21.1. The van der Waals surface area contributed by atoms with Crippen LogP contribution in [-0.4, -0.2) is 73.5 Å². The van der Waals surface area contributed by atoms with E-state index in [-0.39, 0.29) is 18.0 Å². The van der Waals surface area contributed by atoms with Crippen LogP contribution >= 0.6 is 11.3 Å². The lowest BCUT2D eigenvalue weighted by Gasteiger charge is -2.32. The van der Waals surface area contributed by atoms with Crippen molar-refractivity contribution >= 4 is 29.0 Å². The van der Waals surface area contributed by atoms with Gasteiger partial charge in [-0.15, -0.1) is 0 Å². The van der Waals surface area contributed by atoms with E-state index in [1.54, 1.807) is 36.6 Å². The van der Waals surface area contributed by atoms with Gasteiger partial charge in [0.2, 0.25) is 0 Å². The highest BCUT2D eigenvalue weighted by Crippen LogP contribution is 2.34. The van der Waals surface area contributed by atoms with Crippen LogP contribution < -0.4 is 10.1 Å². The fourth-order valence-corrected chi connectivity index (χ4v) is 4.85. The topological polar surface area (TPSA) is 65.1 Å². The van der Waals surface area contributed by atoms with Gasteiger partial charge in [0.05, 0.1) is 18.8 Å². The van der Waals surface area contributed by atoms with Crippen molar-refractivity contribution in [2.45, 2.75) is 18.9 Å². The molecule has 2 fully saturated rings. The number of hydrogen-bond acceptors (Lipinski definition) is 5. The number of rotatable bonds is 4. The molecule has 0 bridgehead atoms. The maximum Gasteiger partial charge on any atom is 0.322 e. The van der Waals surface area contributed by atoms with E-state index in [1.807, 2.05) is 15.2 Å². The Hall–Kier alpha value is -2.58. The molecule has 4 rings (SSSR count). The number of ether oxygens (including phenoxy) is 1. The Balaban J connectivity index is 1.51. The average Bonchev–Trinajstić information content (AvgIpc) is 3.45. The fraction of sp³-hybridized carbons (Fsp3) is 0.455. The maximum absolute atomic E-state index is 13.1. The number of urea groups is 1. The lowest BCUT2D eigenvalue weighted by Crippen LogP contribution is -2.47. The van der Waals surface area contributed by atoms with Gasteiger partial charge in [-0.25, -0.2) is 4.79 Å². The number of nitrogens with zero attached hydrogens (tertiary/aromatic N) is 3. The van der Waals surface area contributed by atoms with Crippen molar-refractivity contribution in [1.82, 2.24) is 14.7 Å². The molecular weight excluding hydrogens is 400 g/mol. The van der Waals surface area contributed by atoms with Crippen molar-refractivity contribution in [3.05, 3.63) is 46.2 Å². The van der Waals surface area contributed by atoms with E-state index in [0.717, 1.165) is 25.9 Å². The summed E-state index contributed by atoms with van der Waals surface area (Å²) < 4.78 is 5.44. The molecule has 0 saturated carbocycles. The summed E-state index contributed by atoms with van der Waals surface area (Å²) in [4.78, 5) is 32.0. The molecule has 2 aromatic rings. The van der Waals surface area contributed by atoms with Gasteiger partial charge in [0.1, 0.15) is 5.75 Å². The van der Waals surface area contributed by atoms with Gasteiger partial charge in [0.25, 0.3) is 5.91 Å². The number of benzene rings is 1. The molecule has 2 aliphatic heterocycles. The number of carbonyl (C=O) groups excluding carboxylic acids is 2. The second kappa shape index (κ2) is 9.06. The first-order valence-corrected chi connectivity index (χ1v) is 11.3. The average molecular weight is 429 g/mol. The Morgan fingerprint density at radius 1 is 1.13 bits per heavy atom. The third-order valence-electron chi connectivity index (χ3n) is 5.92. The largest absolute Gasteiger partial charge is 0.495 e. The monoisotopic (exact) mass is 428 g/mol. The quantitative estimate of drug-likeness (QED) is 0.809. The minimum atomic E-state index is -0.161. The Labute approximate surface area is 181 Å². The minimum Gasteiger partial charge on any atom is -0.495 e. The van der Waals surface area contributed by atoms with E-state index in [2.05, 4.69) is 28.7 Å². The van der Waals surface area contributed by atoms with Crippen molar-refractivity contribution in [1.29, 1.82) is 0 Å². The lowest BCUT2D eigenvalue weighted by molar-refractivity contribution is 0.0664. The predicted octanol–water partition coefficient (Wildman–Crippen LogP) is 3.51. The van der Waals surface area contributed by atoms with Gasteiger partial charge in [-0.1, -0.05) is 0 Å². The molecule has 1 aromatic carbocycles. The minimum absolute atomic E-state index is 0.0152. The Bertz CT molecular complexity index is 894. The number of anilines is 1. The lowest BCUT2D eigenvalue weighted by atomic mass is 10.1. The number of piperazine rings is 1. The van der Waals surface area contributed by atoms with E-state index >= 15 is 0 Å². The van der Waals surface area contributed by atoms with E-state index in [1.165, 1.54) is 5.56 Å². The van der Waals surface area contributed by atoms with Crippen molar-refractivity contribution < 1.29 is 14.3 Å². The third-order valence-corrected chi connectivity index (χ3v) is 6.62. The van der Waals surface area contributed by atoms with Crippen molar-refractivity contribution in [3.63, 3.8) is 0 Å². The molecule has 2 aliphatic rings. The van der Waals surface area contributed by atoms with E-state index in [0.29, 0.717) is 36.6 Å². The molecule has 1 atom stereocenters. The molecule has 0 aliphatic carbocycles. The van der Waals surface area contributed by atoms with Crippen LogP contribution in [0.15, 0.2) is 35.0 Å². The first-order valence-electron chi connectivity index (χ1n) is 10.3. The predicted molar refractivity (Wildman–Crippen MR) is 118 cm³/mol. The highest BCUT2D eigenvalue weighted by molar-refractivity contribution is 7.08. The van der Waals surface area contributed by atoms with Gasteiger partial charge < -0.3 is 24.8 Å². The molecule has 160 valence electrons. The zero-order valence-electron chi connectivity index (χ0n) is 17.5. The molecule has 2 saturated heterocycles. The Kier molecular flexibility index (Phi) is 6.24. The summed E-state index contributed by atoms with van der Waals surface area (Å²) in [6.45, 7) is 3.86. The number of thiophene rings is 1. The number of likely N-dealkylation sites (tertiary alicyclic amines) is 1. The van der Waals surface area contributed by atoms with Crippen molar-refractivity contribution in [3.8, 4) is 5.75 Å². The molecule has 30 heavy (non-hydrogen) atoms. The maximum atomic E-state index is 13.1. The Morgan fingerprint density at radius 2 is 1.93 bits per heavy atom. The highest BCUT2D eigenvalue weighted by atomic mass is 32.1. The summed E-state index contributed by atoms with van der Waals surface area (Å²) >= 11 is 1.65. The number of hydrogen-bond donors (Lipinski definition) is 1. The number of nitrogens with one attached hydrogen (secondary N) is 1. The van der Waals surface area contributed by atoms with Gasteiger partial charge in [-0.2, -0.15) is 11.3 Å². The van der Waals surface area contributed by atoms with Crippen LogP contribution in [-0.2, 0) is 0 Å².